The number of amides is 1. The number of nitrogens with one attached hydrogen (secondary N) is 1. The van der Waals surface area contributed by atoms with Gasteiger partial charge in [-0.25, -0.2) is 15.0 Å². The summed E-state index contributed by atoms with van der Waals surface area (Å²) < 4.78 is 37.6. The molecule has 204 valence electrons. The first kappa shape index (κ1) is 26.7. The van der Waals surface area contributed by atoms with Gasteiger partial charge in [-0.1, -0.05) is 19.4 Å². The predicted molar refractivity (Wildman–Crippen MR) is 141 cm³/mol. The molecule has 1 fully saturated rings. The van der Waals surface area contributed by atoms with Crippen molar-refractivity contribution in [2.24, 2.45) is 0 Å². The van der Waals surface area contributed by atoms with E-state index < -0.39 is 18.5 Å². The second-order valence-electron chi connectivity index (χ2n) is 9.84. The van der Waals surface area contributed by atoms with Gasteiger partial charge in [-0.15, -0.1) is 0 Å². The number of halogens is 3. The summed E-state index contributed by atoms with van der Waals surface area (Å²) in [5.41, 5.74) is 6.61. The predicted octanol–water partition coefficient (Wildman–Crippen LogP) is 4.55. The molecule has 39 heavy (non-hydrogen) atoms. The van der Waals surface area contributed by atoms with Crippen molar-refractivity contribution in [3.63, 3.8) is 0 Å². The molecule has 0 spiro atoms. The number of pyridine rings is 1. The van der Waals surface area contributed by atoms with Crippen molar-refractivity contribution in [3.8, 4) is 11.3 Å². The third-order valence-electron chi connectivity index (χ3n) is 6.77. The third kappa shape index (κ3) is 6.97. The third-order valence-corrected chi connectivity index (χ3v) is 6.77. The zero-order chi connectivity index (χ0) is 27.4. The monoisotopic (exact) mass is 537 g/mol. The highest BCUT2D eigenvalue weighted by Gasteiger charge is 2.34. The second-order valence-corrected chi connectivity index (χ2v) is 9.84. The highest BCUT2D eigenvalue weighted by Crippen LogP contribution is 2.24. The van der Waals surface area contributed by atoms with Crippen LogP contribution in [-0.2, 0) is 24.2 Å². The molecular weight excluding hydrogens is 507 g/mol. The van der Waals surface area contributed by atoms with Gasteiger partial charge in [-0.3, -0.25) is 14.7 Å². The van der Waals surface area contributed by atoms with Gasteiger partial charge in [0.2, 0.25) is 5.91 Å². The maximum absolute atomic E-state index is 12.5. The van der Waals surface area contributed by atoms with Crippen molar-refractivity contribution in [3.05, 3.63) is 71.7 Å². The number of carbonyl (C=O) groups is 1. The summed E-state index contributed by atoms with van der Waals surface area (Å²) in [6, 6.07) is 12.0. The number of rotatable bonds is 8. The number of alkyl halides is 3. The van der Waals surface area contributed by atoms with Gasteiger partial charge in [0.1, 0.15) is 18.6 Å². The highest BCUT2D eigenvalue weighted by atomic mass is 19.4. The van der Waals surface area contributed by atoms with E-state index in [1.165, 1.54) is 4.90 Å². The SMILES string of the molecule is CCCc1cc(-c2ccc3nc(Cc4cc(CN5CCN(C(=O)CC(F)(F)F)CC5)ccn4)[nH]c3c2)ncn1. The lowest BCUT2D eigenvalue weighted by Crippen LogP contribution is -2.49. The Morgan fingerprint density at radius 3 is 2.59 bits per heavy atom. The molecule has 1 saturated heterocycles. The van der Waals surface area contributed by atoms with Crippen LogP contribution >= 0.6 is 0 Å². The Morgan fingerprint density at radius 2 is 1.82 bits per heavy atom. The van der Waals surface area contributed by atoms with Gasteiger partial charge in [-0.2, -0.15) is 13.2 Å². The van der Waals surface area contributed by atoms with E-state index >= 15 is 0 Å². The molecule has 1 amide bonds. The van der Waals surface area contributed by atoms with Gasteiger partial charge >= 0.3 is 6.18 Å². The molecule has 4 heterocycles. The standard InChI is InChI=1S/C28H30F3N7O/c1-2-3-21-14-24(34-18-33-21)20-4-5-23-25(13-20)36-26(35-23)15-22-12-19(6-7-32-22)17-37-8-10-38(11-9-37)27(39)16-28(29,30)31/h4-7,12-14,18H,2-3,8-11,15-17H2,1H3,(H,35,36). The number of carbonyl (C=O) groups excluding carboxylic acids is 1. The number of benzene rings is 1. The maximum atomic E-state index is 12.5. The fourth-order valence-electron chi connectivity index (χ4n) is 4.85. The van der Waals surface area contributed by atoms with Crippen molar-refractivity contribution in [2.75, 3.05) is 26.2 Å². The van der Waals surface area contributed by atoms with E-state index in [-0.39, 0.29) is 0 Å². The van der Waals surface area contributed by atoms with Gasteiger partial charge in [-0.05, 0) is 42.3 Å². The summed E-state index contributed by atoms with van der Waals surface area (Å²) in [5, 5.41) is 0. The first-order valence-electron chi connectivity index (χ1n) is 13.1. The summed E-state index contributed by atoms with van der Waals surface area (Å²) in [6.07, 6.45) is -0.0328. The summed E-state index contributed by atoms with van der Waals surface area (Å²) >= 11 is 0. The van der Waals surface area contributed by atoms with E-state index in [4.69, 9.17) is 4.98 Å². The van der Waals surface area contributed by atoms with Crippen LogP contribution in [0.3, 0.4) is 0 Å². The Bertz CT molecular complexity index is 1440. The molecule has 8 nitrogen and oxygen atoms in total. The summed E-state index contributed by atoms with van der Waals surface area (Å²) in [7, 11) is 0. The van der Waals surface area contributed by atoms with E-state index in [1.807, 2.05) is 36.4 Å². The molecule has 0 saturated carbocycles. The fourth-order valence-corrected chi connectivity index (χ4v) is 4.85. The number of imidazole rings is 1. The average molecular weight is 538 g/mol. The van der Waals surface area contributed by atoms with Crippen LogP contribution in [0.1, 0.15) is 42.5 Å². The van der Waals surface area contributed by atoms with Gasteiger partial charge in [0.25, 0.3) is 0 Å². The largest absolute Gasteiger partial charge is 0.397 e. The normalized spacial score (nSPS) is 14.7. The van der Waals surface area contributed by atoms with E-state index in [0.717, 1.165) is 57.9 Å². The quantitative estimate of drug-likeness (QED) is 0.355. The average Bonchev–Trinajstić information content (AvgIpc) is 3.30. The Morgan fingerprint density at radius 1 is 1.00 bits per heavy atom. The van der Waals surface area contributed by atoms with Crippen molar-refractivity contribution in [1.82, 2.24) is 34.7 Å². The number of H-pyrrole nitrogens is 1. The molecule has 3 aromatic heterocycles. The van der Waals surface area contributed by atoms with Crippen LogP contribution in [-0.4, -0.2) is 73.0 Å². The van der Waals surface area contributed by atoms with Gasteiger partial charge in [0.15, 0.2) is 0 Å². The van der Waals surface area contributed by atoms with Gasteiger partial charge in [0, 0.05) is 62.3 Å². The van der Waals surface area contributed by atoms with Crippen molar-refractivity contribution >= 4 is 16.9 Å². The molecule has 11 heteroatoms. The van der Waals surface area contributed by atoms with Crippen LogP contribution in [0.4, 0.5) is 13.2 Å². The van der Waals surface area contributed by atoms with E-state index in [0.29, 0.717) is 39.1 Å². The molecule has 1 aliphatic heterocycles. The first-order chi connectivity index (χ1) is 18.8. The lowest BCUT2D eigenvalue weighted by molar-refractivity contribution is -0.162. The first-order valence-corrected chi connectivity index (χ1v) is 13.1. The number of aromatic nitrogens is 5. The van der Waals surface area contributed by atoms with Gasteiger partial charge in [0.05, 0.1) is 16.7 Å². The highest BCUT2D eigenvalue weighted by molar-refractivity contribution is 5.81. The summed E-state index contributed by atoms with van der Waals surface area (Å²) in [4.78, 5) is 36.7. The molecular formula is C28H30F3N7O. The fraction of sp³-hybridized carbons (Fsp3) is 0.393. The Hall–Kier alpha value is -3.86. The molecule has 1 N–H and O–H groups in total. The van der Waals surface area contributed by atoms with Crippen molar-refractivity contribution in [2.45, 2.75) is 45.3 Å². The number of aryl methyl sites for hydroxylation is 1. The number of aromatic amines is 1. The zero-order valence-electron chi connectivity index (χ0n) is 21.7. The lowest BCUT2D eigenvalue weighted by Gasteiger charge is -2.35. The van der Waals surface area contributed by atoms with Crippen LogP contribution < -0.4 is 0 Å². The number of piperazine rings is 1. The minimum atomic E-state index is -4.47. The zero-order valence-corrected chi connectivity index (χ0v) is 21.7. The van der Waals surface area contributed by atoms with Gasteiger partial charge < -0.3 is 9.88 Å². The number of hydrogen-bond acceptors (Lipinski definition) is 6. The Kier molecular flexibility index (Phi) is 7.87. The number of fused-ring (bicyclic) bond motifs is 1. The molecule has 0 unspecified atom stereocenters. The molecule has 0 atom stereocenters. The van der Waals surface area contributed by atoms with E-state index in [9.17, 15) is 18.0 Å². The smallest absolute Gasteiger partial charge is 0.342 e. The molecule has 5 rings (SSSR count). The number of nitrogens with zero attached hydrogens (tertiary/aromatic N) is 6. The molecule has 0 radical (unpaired) electrons. The van der Waals surface area contributed by atoms with Crippen molar-refractivity contribution < 1.29 is 18.0 Å². The summed E-state index contributed by atoms with van der Waals surface area (Å²) in [6.45, 7) is 4.41. The second kappa shape index (κ2) is 11.5. The molecule has 1 aromatic carbocycles. The van der Waals surface area contributed by atoms with E-state index in [1.54, 1.807) is 12.5 Å². The molecule has 0 aliphatic carbocycles. The minimum Gasteiger partial charge on any atom is -0.342 e. The topological polar surface area (TPSA) is 90.9 Å². The van der Waals surface area contributed by atoms with Crippen LogP contribution in [0.25, 0.3) is 22.3 Å². The van der Waals surface area contributed by atoms with Crippen LogP contribution in [0.5, 0.6) is 0 Å². The maximum Gasteiger partial charge on any atom is 0.397 e. The molecule has 0 bridgehead atoms. The Labute approximate surface area is 224 Å². The summed E-state index contributed by atoms with van der Waals surface area (Å²) in [5.74, 6) is -0.0532. The van der Waals surface area contributed by atoms with Crippen LogP contribution in [0.15, 0.2) is 48.9 Å². The number of hydrogen-bond donors (Lipinski definition) is 1. The van der Waals surface area contributed by atoms with Crippen LogP contribution in [0.2, 0.25) is 0 Å². The molecule has 1 aliphatic rings. The van der Waals surface area contributed by atoms with Crippen LogP contribution in [0, 0.1) is 0 Å². The van der Waals surface area contributed by atoms with E-state index in [2.05, 4.69) is 31.8 Å². The molecule has 4 aromatic rings. The lowest BCUT2D eigenvalue weighted by atomic mass is 10.1. The minimum absolute atomic E-state index is 0.294. The van der Waals surface area contributed by atoms with Crippen molar-refractivity contribution in [1.29, 1.82) is 0 Å². The Balaban J connectivity index is 1.21.